The highest BCUT2D eigenvalue weighted by atomic mass is 79.9. The minimum absolute atomic E-state index is 0.0912. The number of Topliss-reactive ketones (excluding diaryl/α,β-unsaturated/α-hetero) is 1. The first-order valence-corrected chi connectivity index (χ1v) is 9.09. The van der Waals surface area contributed by atoms with Crippen molar-refractivity contribution in [3.05, 3.63) is 66.5 Å². The van der Waals surface area contributed by atoms with Crippen LogP contribution in [-0.4, -0.2) is 5.78 Å². The van der Waals surface area contributed by atoms with Gasteiger partial charge in [0.05, 0.1) is 0 Å². The number of carbonyl (C=O) groups excluding carboxylic acids is 1. The fourth-order valence-corrected chi connectivity index (χ4v) is 4.06. The fourth-order valence-electron chi connectivity index (χ4n) is 2.39. The molecule has 2 atom stereocenters. The molecule has 1 nitrogen and oxygen atoms in total. The van der Waals surface area contributed by atoms with E-state index in [1.807, 2.05) is 38.1 Å². The van der Waals surface area contributed by atoms with E-state index in [9.17, 15) is 4.79 Å². The van der Waals surface area contributed by atoms with E-state index < -0.39 is 0 Å². The standard InChI is InChI=1S/C17H14Br2Cl2O/c1-9(13-5-3-11(18)7-15(13)20)17(22)10(2)14-6-4-12(19)8-16(14)21/h3-10H,1-2H3. The molecule has 0 heterocycles. The number of halogens is 4. The van der Waals surface area contributed by atoms with Crippen LogP contribution in [0.2, 0.25) is 10.0 Å². The van der Waals surface area contributed by atoms with Gasteiger partial charge in [-0.15, -0.1) is 0 Å². The lowest BCUT2D eigenvalue weighted by atomic mass is 9.86. The Morgan fingerprint density at radius 3 is 1.55 bits per heavy atom. The predicted octanol–water partition coefficient (Wildman–Crippen LogP) is 6.99. The number of hydrogen-bond donors (Lipinski definition) is 0. The summed E-state index contributed by atoms with van der Waals surface area (Å²) in [5, 5.41) is 1.17. The minimum atomic E-state index is -0.296. The first-order chi connectivity index (χ1) is 10.3. The summed E-state index contributed by atoms with van der Waals surface area (Å²) in [6.45, 7) is 3.75. The van der Waals surface area contributed by atoms with Crippen molar-refractivity contribution in [3.8, 4) is 0 Å². The number of rotatable bonds is 4. The van der Waals surface area contributed by atoms with Crippen molar-refractivity contribution in [1.29, 1.82) is 0 Å². The summed E-state index contributed by atoms with van der Waals surface area (Å²) < 4.78 is 1.79. The molecule has 0 saturated heterocycles. The van der Waals surface area contributed by atoms with Crippen LogP contribution in [0.4, 0.5) is 0 Å². The molecular formula is C17H14Br2Cl2O. The summed E-state index contributed by atoms with van der Waals surface area (Å²) in [5.74, 6) is -0.501. The molecule has 2 aromatic carbocycles. The van der Waals surface area contributed by atoms with E-state index in [1.54, 1.807) is 12.1 Å². The molecule has 0 amide bonds. The molecule has 2 unspecified atom stereocenters. The van der Waals surface area contributed by atoms with Crippen molar-refractivity contribution >= 4 is 60.8 Å². The van der Waals surface area contributed by atoms with Crippen LogP contribution >= 0.6 is 55.1 Å². The van der Waals surface area contributed by atoms with Gasteiger partial charge in [-0.3, -0.25) is 4.79 Å². The van der Waals surface area contributed by atoms with Crippen LogP contribution in [0.25, 0.3) is 0 Å². The van der Waals surface area contributed by atoms with Gasteiger partial charge in [0.1, 0.15) is 5.78 Å². The van der Waals surface area contributed by atoms with Gasteiger partial charge in [-0.2, -0.15) is 0 Å². The van der Waals surface area contributed by atoms with E-state index >= 15 is 0 Å². The Morgan fingerprint density at radius 2 is 1.23 bits per heavy atom. The van der Waals surface area contributed by atoms with E-state index in [4.69, 9.17) is 23.2 Å². The predicted molar refractivity (Wildman–Crippen MR) is 100 cm³/mol. The highest BCUT2D eigenvalue weighted by Crippen LogP contribution is 2.34. The van der Waals surface area contributed by atoms with Crippen molar-refractivity contribution in [1.82, 2.24) is 0 Å². The molecule has 0 aromatic heterocycles. The first-order valence-electron chi connectivity index (χ1n) is 6.75. The summed E-state index contributed by atoms with van der Waals surface area (Å²) >= 11 is 19.3. The summed E-state index contributed by atoms with van der Waals surface area (Å²) in [5.41, 5.74) is 1.66. The second kappa shape index (κ2) is 7.48. The molecule has 0 saturated carbocycles. The van der Waals surface area contributed by atoms with Gasteiger partial charge in [0.2, 0.25) is 0 Å². The monoisotopic (exact) mass is 462 g/mol. The van der Waals surface area contributed by atoms with Crippen LogP contribution < -0.4 is 0 Å². The van der Waals surface area contributed by atoms with Gasteiger partial charge in [0.15, 0.2) is 0 Å². The number of hydrogen-bond acceptors (Lipinski definition) is 1. The Morgan fingerprint density at radius 1 is 0.864 bits per heavy atom. The van der Waals surface area contributed by atoms with Gasteiger partial charge in [0.25, 0.3) is 0 Å². The van der Waals surface area contributed by atoms with Crippen LogP contribution in [0.3, 0.4) is 0 Å². The molecule has 0 aliphatic heterocycles. The Balaban J connectivity index is 2.29. The van der Waals surface area contributed by atoms with Crippen LogP contribution in [0.5, 0.6) is 0 Å². The SMILES string of the molecule is CC(C(=O)C(C)c1ccc(Br)cc1Cl)c1ccc(Br)cc1Cl. The van der Waals surface area contributed by atoms with Crippen LogP contribution in [-0.2, 0) is 4.79 Å². The van der Waals surface area contributed by atoms with E-state index in [0.717, 1.165) is 20.1 Å². The Bertz CT molecular complexity index is 656. The molecule has 0 fully saturated rings. The van der Waals surface area contributed by atoms with Crippen molar-refractivity contribution in [2.45, 2.75) is 25.7 Å². The van der Waals surface area contributed by atoms with Crippen molar-refractivity contribution < 1.29 is 4.79 Å². The van der Waals surface area contributed by atoms with Crippen molar-refractivity contribution in [2.75, 3.05) is 0 Å². The van der Waals surface area contributed by atoms with E-state index in [2.05, 4.69) is 31.9 Å². The van der Waals surface area contributed by atoms with Crippen molar-refractivity contribution in [2.24, 2.45) is 0 Å². The molecular weight excluding hydrogens is 451 g/mol. The minimum Gasteiger partial charge on any atom is -0.298 e. The Labute approximate surface area is 157 Å². The van der Waals surface area contributed by atoms with Gasteiger partial charge >= 0.3 is 0 Å². The summed E-state index contributed by atoms with van der Waals surface area (Å²) in [7, 11) is 0. The lowest BCUT2D eigenvalue weighted by Gasteiger charge is -2.19. The van der Waals surface area contributed by atoms with Gasteiger partial charge < -0.3 is 0 Å². The molecule has 116 valence electrons. The number of carbonyl (C=O) groups is 1. The van der Waals surface area contributed by atoms with E-state index in [1.165, 1.54) is 0 Å². The zero-order chi connectivity index (χ0) is 16.4. The maximum Gasteiger partial charge on any atom is 0.147 e. The molecule has 0 spiro atoms. The lowest BCUT2D eigenvalue weighted by molar-refractivity contribution is -0.121. The second-order valence-electron chi connectivity index (χ2n) is 5.18. The molecule has 0 aliphatic rings. The molecule has 0 aliphatic carbocycles. The quantitative estimate of drug-likeness (QED) is 0.476. The largest absolute Gasteiger partial charge is 0.298 e. The first kappa shape index (κ1) is 18.0. The highest BCUT2D eigenvalue weighted by Gasteiger charge is 2.25. The zero-order valence-electron chi connectivity index (χ0n) is 12.0. The third-order valence-corrected chi connectivity index (χ3v) is 5.35. The normalized spacial score (nSPS) is 13.7. The van der Waals surface area contributed by atoms with Crippen LogP contribution in [0, 0.1) is 0 Å². The number of benzene rings is 2. The second-order valence-corrected chi connectivity index (χ2v) is 7.82. The highest BCUT2D eigenvalue weighted by molar-refractivity contribution is 9.10. The molecule has 2 aromatic rings. The third-order valence-electron chi connectivity index (χ3n) is 3.71. The van der Waals surface area contributed by atoms with E-state index in [0.29, 0.717) is 10.0 Å². The Kier molecular flexibility index (Phi) is 6.12. The smallest absolute Gasteiger partial charge is 0.147 e. The maximum atomic E-state index is 12.8. The van der Waals surface area contributed by atoms with Gasteiger partial charge in [0, 0.05) is 30.8 Å². The fraction of sp³-hybridized carbons (Fsp3) is 0.235. The van der Waals surface area contributed by atoms with Crippen LogP contribution in [0.15, 0.2) is 45.3 Å². The molecule has 0 bridgehead atoms. The van der Waals surface area contributed by atoms with Crippen LogP contribution in [0.1, 0.15) is 36.8 Å². The maximum absolute atomic E-state index is 12.8. The van der Waals surface area contributed by atoms with Gasteiger partial charge in [-0.05, 0) is 35.4 Å². The average molecular weight is 465 g/mol. The Hall–Kier alpha value is -0.350. The van der Waals surface area contributed by atoms with Crippen molar-refractivity contribution in [3.63, 3.8) is 0 Å². The third kappa shape index (κ3) is 3.94. The topological polar surface area (TPSA) is 17.1 Å². The van der Waals surface area contributed by atoms with Gasteiger partial charge in [-0.1, -0.05) is 81.0 Å². The molecule has 5 heteroatoms. The molecule has 0 N–H and O–H groups in total. The van der Waals surface area contributed by atoms with E-state index in [-0.39, 0.29) is 17.6 Å². The zero-order valence-corrected chi connectivity index (χ0v) is 16.7. The summed E-state index contributed by atoms with van der Waals surface area (Å²) in [4.78, 5) is 12.8. The lowest BCUT2D eigenvalue weighted by Crippen LogP contribution is -2.17. The average Bonchev–Trinajstić information content (AvgIpc) is 2.45. The van der Waals surface area contributed by atoms with Gasteiger partial charge in [-0.25, -0.2) is 0 Å². The summed E-state index contributed by atoms with van der Waals surface area (Å²) in [6, 6.07) is 11.1. The number of ketones is 1. The summed E-state index contributed by atoms with van der Waals surface area (Å²) in [6.07, 6.45) is 0. The molecule has 2 rings (SSSR count). The molecule has 22 heavy (non-hydrogen) atoms. The molecule has 0 radical (unpaired) electrons.